The second-order valence-corrected chi connectivity index (χ2v) is 7.41. The summed E-state index contributed by atoms with van der Waals surface area (Å²) in [6.07, 6.45) is 2.60. The Bertz CT molecular complexity index is 537. The van der Waals surface area contributed by atoms with Gasteiger partial charge in [-0.3, -0.25) is 0 Å². The Morgan fingerprint density at radius 2 is 2.19 bits per heavy atom. The van der Waals surface area contributed by atoms with Gasteiger partial charge in [0, 0.05) is 24.0 Å². The first-order valence-corrected chi connectivity index (χ1v) is 8.66. The zero-order valence-corrected chi connectivity index (χ0v) is 13.2. The molecular weight excluding hydrogens is 316 g/mol. The largest absolute Gasteiger partial charge is 0.374 e. The fraction of sp³-hybridized carbons (Fsp3) is 0.600. The molecule has 0 aliphatic carbocycles. The SMILES string of the molecule is NC(c1cc(F)c(Cl)cc1F)C1CCOC2(CCSC2)C1. The van der Waals surface area contributed by atoms with Gasteiger partial charge in [-0.2, -0.15) is 11.8 Å². The minimum absolute atomic E-state index is 0.104. The van der Waals surface area contributed by atoms with E-state index in [2.05, 4.69) is 0 Å². The van der Waals surface area contributed by atoms with Crippen molar-refractivity contribution >= 4 is 23.4 Å². The number of rotatable bonds is 2. The lowest BCUT2D eigenvalue weighted by Crippen LogP contribution is -2.42. The average Bonchev–Trinajstić information content (AvgIpc) is 2.90. The topological polar surface area (TPSA) is 35.2 Å². The van der Waals surface area contributed by atoms with Gasteiger partial charge in [0.25, 0.3) is 0 Å². The smallest absolute Gasteiger partial charge is 0.142 e. The molecule has 3 atom stereocenters. The molecule has 6 heteroatoms. The van der Waals surface area contributed by atoms with Crippen LogP contribution in [0.15, 0.2) is 12.1 Å². The van der Waals surface area contributed by atoms with Crippen molar-refractivity contribution in [2.45, 2.75) is 30.9 Å². The van der Waals surface area contributed by atoms with E-state index in [0.717, 1.165) is 42.9 Å². The molecule has 2 saturated heterocycles. The standard InChI is InChI=1S/C15H18ClF2NOS/c16-11-6-12(17)10(5-13(11)18)14(19)9-1-3-20-15(7-9)2-4-21-8-15/h5-6,9,14H,1-4,7-8,19H2. The predicted molar refractivity (Wildman–Crippen MR) is 81.6 cm³/mol. The molecule has 1 aromatic carbocycles. The highest BCUT2D eigenvalue weighted by molar-refractivity contribution is 7.99. The summed E-state index contributed by atoms with van der Waals surface area (Å²) >= 11 is 7.48. The van der Waals surface area contributed by atoms with Gasteiger partial charge >= 0.3 is 0 Å². The highest BCUT2D eigenvalue weighted by Gasteiger charge is 2.42. The van der Waals surface area contributed by atoms with Gasteiger partial charge in [-0.1, -0.05) is 11.6 Å². The van der Waals surface area contributed by atoms with Crippen molar-refractivity contribution in [2.75, 3.05) is 18.1 Å². The van der Waals surface area contributed by atoms with Crippen molar-refractivity contribution in [1.29, 1.82) is 0 Å². The Kier molecular flexibility index (Phi) is 4.46. The van der Waals surface area contributed by atoms with Gasteiger partial charge in [-0.25, -0.2) is 8.78 Å². The molecule has 2 N–H and O–H groups in total. The number of benzene rings is 1. The first-order valence-electron chi connectivity index (χ1n) is 7.12. The third kappa shape index (κ3) is 3.07. The molecule has 0 bridgehead atoms. The number of halogens is 3. The fourth-order valence-electron chi connectivity index (χ4n) is 3.28. The second-order valence-electron chi connectivity index (χ2n) is 5.90. The average molecular weight is 334 g/mol. The van der Waals surface area contributed by atoms with Crippen molar-refractivity contribution in [3.8, 4) is 0 Å². The van der Waals surface area contributed by atoms with Gasteiger partial charge < -0.3 is 10.5 Å². The van der Waals surface area contributed by atoms with Crippen LogP contribution in [-0.2, 0) is 4.74 Å². The highest BCUT2D eigenvalue weighted by Crippen LogP contribution is 2.43. The normalized spacial score (nSPS) is 30.8. The van der Waals surface area contributed by atoms with Crippen molar-refractivity contribution < 1.29 is 13.5 Å². The second kappa shape index (κ2) is 6.03. The van der Waals surface area contributed by atoms with E-state index in [1.54, 1.807) is 0 Å². The van der Waals surface area contributed by atoms with Crippen LogP contribution in [0.1, 0.15) is 30.9 Å². The molecule has 0 aromatic heterocycles. The zero-order valence-electron chi connectivity index (χ0n) is 11.6. The number of hydrogen-bond donors (Lipinski definition) is 1. The Labute approximate surface area is 132 Å². The molecule has 1 aromatic rings. The highest BCUT2D eigenvalue weighted by atomic mass is 35.5. The van der Waals surface area contributed by atoms with Gasteiger partial charge in [-0.05, 0) is 43.1 Å². The third-order valence-electron chi connectivity index (χ3n) is 4.50. The van der Waals surface area contributed by atoms with Gasteiger partial charge in [0.2, 0.25) is 0 Å². The third-order valence-corrected chi connectivity index (χ3v) is 6.02. The molecule has 0 amide bonds. The van der Waals surface area contributed by atoms with Crippen LogP contribution in [0.3, 0.4) is 0 Å². The van der Waals surface area contributed by atoms with Crippen LogP contribution < -0.4 is 5.73 Å². The van der Waals surface area contributed by atoms with E-state index < -0.39 is 17.7 Å². The zero-order chi connectivity index (χ0) is 15.0. The summed E-state index contributed by atoms with van der Waals surface area (Å²) in [6.45, 7) is 0.636. The van der Waals surface area contributed by atoms with E-state index in [9.17, 15) is 8.78 Å². The monoisotopic (exact) mass is 333 g/mol. The van der Waals surface area contributed by atoms with Crippen molar-refractivity contribution in [3.05, 3.63) is 34.4 Å². The van der Waals surface area contributed by atoms with Crippen molar-refractivity contribution in [2.24, 2.45) is 11.7 Å². The van der Waals surface area contributed by atoms with Crippen LogP contribution in [0.2, 0.25) is 5.02 Å². The van der Waals surface area contributed by atoms with E-state index in [0.29, 0.717) is 6.61 Å². The first-order chi connectivity index (χ1) is 10.0. The predicted octanol–water partition coefficient (Wildman–Crippen LogP) is 3.92. The van der Waals surface area contributed by atoms with Crippen molar-refractivity contribution in [3.63, 3.8) is 0 Å². The molecule has 0 radical (unpaired) electrons. The van der Waals surface area contributed by atoms with Gasteiger partial charge in [-0.15, -0.1) is 0 Å². The Hall–Kier alpha value is -0.360. The number of ether oxygens (including phenoxy) is 1. The van der Waals surface area contributed by atoms with E-state index in [1.807, 2.05) is 11.8 Å². The van der Waals surface area contributed by atoms with Crippen LogP contribution in [0, 0.1) is 17.6 Å². The first kappa shape index (κ1) is 15.5. The van der Waals surface area contributed by atoms with Gasteiger partial charge in [0.05, 0.1) is 10.6 Å². The molecule has 2 heterocycles. The quantitative estimate of drug-likeness (QED) is 0.833. The lowest BCUT2D eigenvalue weighted by atomic mass is 9.79. The molecule has 21 heavy (non-hydrogen) atoms. The summed E-state index contributed by atoms with van der Waals surface area (Å²) in [7, 11) is 0. The minimum atomic E-state index is -0.623. The van der Waals surface area contributed by atoms with Gasteiger partial charge in [0.15, 0.2) is 0 Å². The van der Waals surface area contributed by atoms with E-state index in [-0.39, 0.29) is 22.1 Å². The molecule has 0 saturated carbocycles. The Morgan fingerprint density at radius 3 is 2.90 bits per heavy atom. The molecule has 2 fully saturated rings. The summed E-state index contributed by atoms with van der Waals surface area (Å²) < 4.78 is 33.6. The molecule has 3 unspecified atom stereocenters. The van der Waals surface area contributed by atoms with Crippen LogP contribution in [0.25, 0.3) is 0 Å². The fourth-order valence-corrected chi connectivity index (χ4v) is 4.81. The molecule has 3 rings (SSSR count). The maximum absolute atomic E-state index is 14.0. The molecule has 2 nitrogen and oxygen atoms in total. The molecule has 116 valence electrons. The van der Waals surface area contributed by atoms with Gasteiger partial charge in [0.1, 0.15) is 11.6 Å². The maximum Gasteiger partial charge on any atom is 0.142 e. The van der Waals surface area contributed by atoms with E-state index in [1.165, 1.54) is 0 Å². The van der Waals surface area contributed by atoms with Crippen LogP contribution in [-0.4, -0.2) is 23.7 Å². The summed E-state index contributed by atoms with van der Waals surface area (Å²) in [4.78, 5) is 0. The summed E-state index contributed by atoms with van der Waals surface area (Å²) in [5.41, 5.74) is 6.32. The van der Waals surface area contributed by atoms with E-state index >= 15 is 0 Å². The summed E-state index contributed by atoms with van der Waals surface area (Å²) in [5, 5.41) is -0.209. The molecule has 2 aliphatic heterocycles. The van der Waals surface area contributed by atoms with Crippen LogP contribution >= 0.6 is 23.4 Å². The molecular formula is C15H18ClF2NOS. The summed E-state index contributed by atoms with van der Waals surface area (Å²) in [5.74, 6) is 1.00. The minimum Gasteiger partial charge on any atom is -0.374 e. The lowest BCUT2D eigenvalue weighted by molar-refractivity contribution is -0.0835. The summed E-state index contributed by atoms with van der Waals surface area (Å²) in [6, 6.07) is 1.61. The Balaban J connectivity index is 1.81. The number of thioether (sulfide) groups is 1. The van der Waals surface area contributed by atoms with Crippen LogP contribution in [0.5, 0.6) is 0 Å². The number of nitrogens with two attached hydrogens (primary N) is 1. The maximum atomic E-state index is 14.0. The van der Waals surface area contributed by atoms with Crippen LogP contribution in [0.4, 0.5) is 8.78 Å². The molecule has 1 spiro atoms. The lowest BCUT2D eigenvalue weighted by Gasteiger charge is -2.40. The Morgan fingerprint density at radius 1 is 1.38 bits per heavy atom. The van der Waals surface area contributed by atoms with Crippen molar-refractivity contribution in [1.82, 2.24) is 0 Å². The number of hydrogen-bond acceptors (Lipinski definition) is 3. The molecule has 2 aliphatic rings. The van der Waals surface area contributed by atoms with E-state index in [4.69, 9.17) is 22.1 Å².